The Hall–Kier alpha value is -2.80. The Kier molecular flexibility index (Phi) is 3.72. The first-order chi connectivity index (χ1) is 13.1. The number of imide groups is 1. The number of amides is 3. The highest BCUT2D eigenvalue weighted by Gasteiger charge is 2.59. The molecular weight excluding hydrogens is 362 g/mol. The van der Waals surface area contributed by atoms with Crippen molar-refractivity contribution in [3.8, 4) is 11.3 Å². The number of nitrogens with zero attached hydrogens (tertiary/aromatic N) is 2. The van der Waals surface area contributed by atoms with Crippen molar-refractivity contribution in [2.75, 3.05) is 11.9 Å². The van der Waals surface area contributed by atoms with Crippen LogP contribution in [-0.2, 0) is 14.4 Å². The van der Waals surface area contributed by atoms with Gasteiger partial charge in [-0.25, -0.2) is 4.98 Å². The molecule has 4 atom stereocenters. The van der Waals surface area contributed by atoms with Crippen LogP contribution in [0.4, 0.5) is 5.13 Å². The second kappa shape index (κ2) is 6.13. The van der Waals surface area contributed by atoms with Gasteiger partial charge in [0.05, 0.1) is 17.5 Å². The number of benzene rings is 1. The quantitative estimate of drug-likeness (QED) is 0.654. The maximum Gasteiger partial charge on any atom is 0.246 e. The highest BCUT2D eigenvalue weighted by molar-refractivity contribution is 7.14. The van der Waals surface area contributed by atoms with Crippen molar-refractivity contribution in [3.63, 3.8) is 0 Å². The van der Waals surface area contributed by atoms with Gasteiger partial charge in [-0.15, -0.1) is 11.3 Å². The number of thiazole rings is 1. The average molecular weight is 379 g/mol. The third kappa shape index (κ3) is 2.61. The molecule has 3 aliphatic rings. The van der Waals surface area contributed by atoms with Gasteiger partial charge in [-0.2, -0.15) is 0 Å². The fourth-order valence-corrected chi connectivity index (χ4v) is 5.23. The van der Waals surface area contributed by atoms with E-state index in [2.05, 4.69) is 10.3 Å². The van der Waals surface area contributed by atoms with E-state index in [9.17, 15) is 14.4 Å². The lowest BCUT2D eigenvalue weighted by Crippen LogP contribution is -2.39. The van der Waals surface area contributed by atoms with Crippen LogP contribution in [0.15, 0.2) is 47.9 Å². The molecular formula is C20H17N3O3S. The largest absolute Gasteiger partial charge is 0.300 e. The Labute approximate surface area is 159 Å². The summed E-state index contributed by atoms with van der Waals surface area (Å²) in [6, 6.07) is 9.68. The second-order valence-corrected chi connectivity index (χ2v) is 8.07. The topological polar surface area (TPSA) is 79.4 Å². The van der Waals surface area contributed by atoms with Gasteiger partial charge in [-0.3, -0.25) is 19.3 Å². The third-order valence-electron chi connectivity index (χ3n) is 5.68. The predicted octanol–water partition coefficient (Wildman–Crippen LogP) is 2.56. The minimum Gasteiger partial charge on any atom is -0.300 e. The van der Waals surface area contributed by atoms with E-state index in [1.807, 2.05) is 47.9 Å². The summed E-state index contributed by atoms with van der Waals surface area (Å²) in [6.45, 7) is -0.246. The number of nitrogens with one attached hydrogen (secondary N) is 1. The Morgan fingerprint density at radius 2 is 1.78 bits per heavy atom. The Bertz CT molecular complexity index is 938. The number of allylic oxidation sites excluding steroid dienone is 2. The van der Waals surface area contributed by atoms with E-state index in [0.29, 0.717) is 5.13 Å². The molecule has 2 aliphatic carbocycles. The summed E-state index contributed by atoms with van der Waals surface area (Å²) in [6.07, 6.45) is 4.97. The number of aromatic nitrogens is 1. The summed E-state index contributed by atoms with van der Waals surface area (Å²) >= 11 is 1.32. The molecule has 1 aromatic carbocycles. The van der Waals surface area contributed by atoms with Crippen molar-refractivity contribution in [3.05, 3.63) is 47.9 Å². The minimum absolute atomic E-state index is 0.150. The van der Waals surface area contributed by atoms with Gasteiger partial charge in [0.25, 0.3) is 0 Å². The van der Waals surface area contributed by atoms with Crippen molar-refractivity contribution in [2.45, 2.75) is 6.42 Å². The first-order valence-electron chi connectivity index (χ1n) is 8.96. The van der Waals surface area contributed by atoms with Crippen LogP contribution in [-0.4, -0.2) is 34.2 Å². The van der Waals surface area contributed by atoms with Crippen LogP contribution in [0.25, 0.3) is 11.3 Å². The van der Waals surface area contributed by atoms with E-state index < -0.39 is 5.91 Å². The summed E-state index contributed by atoms with van der Waals surface area (Å²) in [4.78, 5) is 43.2. The fourth-order valence-electron chi connectivity index (χ4n) is 4.49. The first kappa shape index (κ1) is 16.4. The number of rotatable bonds is 4. The van der Waals surface area contributed by atoms with E-state index in [0.717, 1.165) is 22.6 Å². The van der Waals surface area contributed by atoms with Crippen LogP contribution >= 0.6 is 11.3 Å². The Morgan fingerprint density at radius 3 is 2.44 bits per heavy atom. The van der Waals surface area contributed by atoms with Gasteiger partial charge in [-0.05, 0) is 18.3 Å². The zero-order valence-corrected chi connectivity index (χ0v) is 15.2. The summed E-state index contributed by atoms with van der Waals surface area (Å²) < 4.78 is 0. The summed E-state index contributed by atoms with van der Waals surface area (Å²) in [5.74, 6) is -1.06. The van der Waals surface area contributed by atoms with Crippen molar-refractivity contribution in [1.29, 1.82) is 0 Å². The molecule has 4 unspecified atom stereocenters. The van der Waals surface area contributed by atoms with E-state index in [1.54, 1.807) is 0 Å². The molecule has 5 rings (SSSR count). The molecule has 2 fully saturated rings. The van der Waals surface area contributed by atoms with E-state index in [1.165, 1.54) is 11.3 Å². The molecule has 1 saturated heterocycles. The molecule has 2 bridgehead atoms. The van der Waals surface area contributed by atoms with Gasteiger partial charge < -0.3 is 5.32 Å². The lowest BCUT2D eigenvalue weighted by Gasteiger charge is -2.16. The fraction of sp³-hybridized carbons (Fsp3) is 0.300. The molecule has 2 heterocycles. The van der Waals surface area contributed by atoms with Crippen molar-refractivity contribution >= 4 is 34.2 Å². The molecule has 0 radical (unpaired) electrons. The van der Waals surface area contributed by atoms with E-state index >= 15 is 0 Å². The van der Waals surface area contributed by atoms with Crippen molar-refractivity contribution < 1.29 is 14.4 Å². The minimum atomic E-state index is -0.397. The molecule has 0 spiro atoms. The summed E-state index contributed by atoms with van der Waals surface area (Å²) in [7, 11) is 0. The first-order valence-corrected chi connectivity index (χ1v) is 9.84. The van der Waals surface area contributed by atoms with Crippen molar-refractivity contribution in [1.82, 2.24) is 9.88 Å². The molecule has 2 aromatic rings. The van der Waals surface area contributed by atoms with Gasteiger partial charge >= 0.3 is 0 Å². The smallest absolute Gasteiger partial charge is 0.246 e. The molecule has 1 aromatic heterocycles. The predicted molar refractivity (Wildman–Crippen MR) is 101 cm³/mol. The lowest BCUT2D eigenvalue weighted by atomic mass is 9.85. The second-order valence-electron chi connectivity index (χ2n) is 7.21. The van der Waals surface area contributed by atoms with Gasteiger partial charge in [0.1, 0.15) is 6.54 Å². The number of carbonyl (C=O) groups excluding carboxylic acids is 3. The van der Waals surface area contributed by atoms with Crippen LogP contribution in [0.5, 0.6) is 0 Å². The summed E-state index contributed by atoms with van der Waals surface area (Å²) in [5, 5.41) is 5.03. The van der Waals surface area contributed by atoms with Crippen LogP contribution in [0.2, 0.25) is 0 Å². The van der Waals surface area contributed by atoms with Crippen LogP contribution < -0.4 is 5.32 Å². The molecule has 1 aliphatic heterocycles. The van der Waals surface area contributed by atoms with Gasteiger partial charge in [0, 0.05) is 10.9 Å². The zero-order chi connectivity index (χ0) is 18.5. The molecule has 7 heteroatoms. The number of hydrogen-bond donors (Lipinski definition) is 1. The van der Waals surface area contributed by atoms with E-state index in [4.69, 9.17) is 0 Å². The lowest BCUT2D eigenvalue weighted by molar-refractivity contribution is -0.143. The molecule has 27 heavy (non-hydrogen) atoms. The molecule has 6 nitrogen and oxygen atoms in total. The highest BCUT2D eigenvalue weighted by Crippen LogP contribution is 2.52. The normalized spacial score (nSPS) is 28.1. The van der Waals surface area contributed by atoms with E-state index in [-0.39, 0.29) is 42.0 Å². The highest BCUT2D eigenvalue weighted by atomic mass is 32.1. The number of anilines is 1. The van der Waals surface area contributed by atoms with Crippen LogP contribution in [0.1, 0.15) is 6.42 Å². The number of fused-ring (bicyclic) bond motifs is 5. The monoisotopic (exact) mass is 379 g/mol. The third-order valence-corrected chi connectivity index (χ3v) is 6.44. The SMILES string of the molecule is O=C(CN1C(=O)C2C3C=CC(C3)C2C1=O)Nc1nc(-c2ccccc2)cs1. The Morgan fingerprint density at radius 1 is 1.11 bits per heavy atom. The molecule has 3 amide bonds. The maximum absolute atomic E-state index is 12.6. The zero-order valence-electron chi connectivity index (χ0n) is 14.4. The van der Waals surface area contributed by atoms with Crippen molar-refractivity contribution in [2.24, 2.45) is 23.7 Å². The average Bonchev–Trinajstić information content (AvgIpc) is 3.44. The molecule has 1 saturated carbocycles. The Balaban J connectivity index is 1.26. The van der Waals surface area contributed by atoms with Crippen LogP contribution in [0, 0.1) is 23.7 Å². The number of hydrogen-bond acceptors (Lipinski definition) is 5. The number of likely N-dealkylation sites (tertiary alicyclic amines) is 1. The number of carbonyl (C=O) groups is 3. The van der Waals surface area contributed by atoms with Gasteiger partial charge in [0.2, 0.25) is 17.7 Å². The maximum atomic E-state index is 12.6. The molecule has 1 N–H and O–H groups in total. The van der Waals surface area contributed by atoms with Gasteiger partial charge in [-0.1, -0.05) is 42.5 Å². The summed E-state index contributed by atoms with van der Waals surface area (Å²) in [5.41, 5.74) is 1.75. The van der Waals surface area contributed by atoms with Crippen LogP contribution in [0.3, 0.4) is 0 Å². The standard InChI is InChI=1S/C20H17N3O3S/c24-15(22-20-21-14(10-27-20)11-4-2-1-3-5-11)9-23-18(25)16-12-6-7-13(8-12)17(16)19(23)26/h1-7,10,12-13,16-17H,8-9H2,(H,21,22,24). The molecule has 136 valence electrons. The van der Waals surface area contributed by atoms with Gasteiger partial charge in [0.15, 0.2) is 5.13 Å².